The van der Waals surface area contributed by atoms with Gasteiger partial charge in [0.05, 0.1) is 11.6 Å². The fourth-order valence-corrected chi connectivity index (χ4v) is 3.82. The number of para-hydroxylation sites is 1. The fourth-order valence-electron chi connectivity index (χ4n) is 3.82. The van der Waals surface area contributed by atoms with Gasteiger partial charge >= 0.3 is 0 Å². The number of benzene rings is 1. The van der Waals surface area contributed by atoms with Crippen molar-refractivity contribution in [2.75, 3.05) is 26.2 Å². The van der Waals surface area contributed by atoms with Crippen molar-refractivity contribution in [1.29, 1.82) is 0 Å². The highest BCUT2D eigenvalue weighted by atomic mass is 16.5. The van der Waals surface area contributed by atoms with Gasteiger partial charge in [-0.15, -0.1) is 0 Å². The van der Waals surface area contributed by atoms with Crippen LogP contribution >= 0.6 is 0 Å². The number of hydrogen-bond acceptors (Lipinski definition) is 6. The van der Waals surface area contributed by atoms with Crippen LogP contribution in [0.5, 0.6) is 5.75 Å². The number of aliphatic hydroxyl groups excluding tert-OH is 1. The van der Waals surface area contributed by atoms with Crippen LogP contribution in [0.25, 0.3) is 10.9 Å². The van der Waals surface area contributed by atoms with E-state index < -0.39 is 6.10 Å². The number of carbonyl (C=O) groups is 1. The molecule has 0 bridgehead atoms. The van der Waals surface area contributed by atoms with Crippen molar-refractivity contribution in [3.8, 4) is 5.75 Å². The maximum Gasteiger partial charge on any atom is 0.276 e. The average Bonchev–Trinajstić information content (AvgIpc) is 3.12. The lowest BCUT2D eigenvalue weighted by Crippen LogP contribution is -2.31. The van der Waals surface area contributed by atoms with Crippen LogP contribution in [0.4, 0.5) is 0 Å². The molecule has 1 aliphatic heterocycles. The Bertz CT molecular complexity index is 1000. The molecule has 29 heavy (non-hydrogen) atoms. The van der Waals surface area contributed by atoms with Gasteiger partial charge in [-0.25, -0.2) is 4.98 Å². The number of likely N-dealkylation sites (tertiary alicyclic amines) is 1. The molecule has 3 heterocycles. The van der Waals surface area contributed by atoms with Gasteiger partial charge in [0.2, 0.25) is 0 Å². The summed E-state index contributed by atoms with van der Waals surface area (Å²) in [4.78, 5) is 23.3. The highest BCUT2D eigenvalue weighted by Crippen LogP contribution is 2.27. The number of aliphatic hydroxyl groups is 1. The largest absolute Gasteiger partial charge is 0.490 e. The molecule has 2 atom stereocenters. The molecule has 1 amide bonds. The zero-order valence-electron chi connectivity index (χ0n) is 16.1. The first kappa shape index (κ1) is 19.3. The first-order valence-corrected chi connectivity index (χ1v) is 9.75. The average molecular weight is 392 g/mol. The highest BCUT2D eigenvalue weighted by molar-refractivity contribution is 5.95. The summed E-state index contributed by atoms with van der Waals surface area (Å²) in [5.74, 6) is 0.127. The molecule has 1 fully saturated rings. The molecule has 2 aromatic heterocycles. The van der Waals surface area contributed by atoms with Gasteiger partial charge < -0.3 is 20.5 Å². The summed E-state index contributed by atoms with van der Waals surface area (Å²) >= 11 is 0. The maximum absolute atomic E-state index is 13.0. The third kappa shape index (κ3) is 4.06. The summed E-state index contributed by atoms with van der Waals surface area (Å²) in [5, 5.41) is 11.7. The second-order valence-electron chi connectivity index (χ2n) is 7.22. The third-order valence-electron chi connectivity index (χ3n) is 5.26. The number of nitrogens with zero attached hydrogens (tertiary/aromatic N) is 3. The molecule has 7 nitrogen and oxygen atoms in total. The molecule has 3 aromatic rings. The number of rotatable bonds is 6. The summed E-state index contributed by atoms with van der Waals surface area (Å²) < 4.78 is 5.56. The maximum atomic E-state index is 13.0. The van der Waals surface area contributed by atoms with Crippen LogP contribution in [0.2, 0.25) is 0 Å². The summed E-state index contributed by atoms with van der Waals surface area (Å²) in [6.45, 7) is 1.40. The van der Waals surface area contributed by atoms with E-state index in [0.29, 0.717) is 31.9 Å². The van der Waals surface area contributed by atoms with Crippen molar-refractivity contribution in [3.05, 3.63) is 66.1 Å². The number of amides is 1. The molecule has 0 unspecified atom stereocenters. The van der Waals surface area contributed by atoms with E-state index in [2.05, 4.69) is 9.97 Å². The quantitative estimate of drug-likeness (QED) is 0.661. The molecule has 0 saturated carbocycles. The number of ether oxygens (including phenoxy) is 1. The Morgan fingerprint density at radius 3 is 2.86 bits per heavy atom. The van der Waals surface area contributed by atoms with E-state index in [1.807, 2.05) is 30.3 Å². The van der Waals surface area contributed by atoms with Gasteiger partial charge in [0.1, 0.15) is 6.61 Å². The van der Waals surface area contributed by atoms with Crippen molar-refractivity contribution in [2.45, 2.75) is 12.5 Å². The molecule has 150 valence electrons. The summed E-state index contributed by atoms with van der Waals surface area (Å²) in [7, 11) is 0. The highest BCUT2D eigenvalue weighted by Gasteiger charge is 2.36. The Kier molecular flexibility index (Phi) is 5.69. The SMILES string of the molecule is NCCOc1cccnc1C(=O)N1C[C@@H](Cc2ccnc3ccccc23)[C@H](O)C1. The molecule has 7 heteroatoms. The molecule has 0 aliphatic carbocycles. The van der Waals surface area contributed by atoms with Crippen molar-refractivity contribution in [3.63, 3.8) is 0 Å². The normalized spacial score (nSPS) is 18.9. The van der Waals surface area contributed by atoms with Crippen molar-refractivity contribution in [1.82, 2.24) is 14.9 Å². The molecular formula is C22H24N4O3. The number of aromatic nitrogens is 2. The molecule has 1 aromatic carbocycles. The van der Waals surface area contributed by atoms with Gasteiger partial charge in [-0.05, 0) is 36.2 Å². The lowest BCUT2D eigenvalue weighted by atomic mass is 9.94. The van der Waals surface area contributed by atoms with Crippen LogP contribution in [0.1, 0.15) is 16.1 Å². The fraction of sp³-hybridized carbons (Fsp3) is 0.318. The van der Waals surface area contributed by atoms with Crippen LogP contribution < -0.4 is 10.5 Å². The van der Waals surface area contributed by atoms with Crippen LogP contribution in [-0.2, 0) is 6.42 Å². The minimum Gasteiger partial charge on any atom is -0.490 e. The van der Waals surface area contributed by atoms with Crippen LogP contribution in [0.15, 0.2) is 54.9 Å². The predicted molar refractivity (Wildman–Crippen MR) is 110 cm³/mol. The lowest BCUT2D eigenvalue weighted by Gasteiger charge is -2.18. The van der Waals surface area contributed by atoms with Gasteiger partial charge in [0.15, 0.2) is 11.4 Å². The lowest BCUT2D eigenvalue weighted by molar-refractivity contribution is 0.0754. The van der Waals surface area contributed by atoms with E-state index in [9.17, 15) is 9.90 Å². The van der Waals surface area contributed by atoms with E-state index in [1.165, 1.54) is 0 Å². The molecular weight excluding hydrogens is 368 g/mol. The van der Waals surface area contributed by atoms with Crippen LogP contribution in [0.3, 0.4) is 0 Å². The first-order valence-electron chi connectivity index (χ1n) is 9.75. The van der Waals surface area contributed by atoms with Gasteiger partial charge in [-0.3, -0.25) is 9.78 Å². The number of hydrogen-bond donors (Lipinski definition) is 2. The third-order valence-corrected chi connectivity index (χ3v) is 5.26. The molecule has 4 rings (SSSR count). The second-order valence-corrected chi connectivity index (χ2v) is 7.22. The Labute approximate surface area is 169 Å². The van der Waals surface area contributed by atoms with Crippen LogP contribution in [-0.4, -0.2) is 58.2 Å². The minimum absolute atomic E-state index is 0.0538. The minimum atomic E-state index is -0.594. The Morgan fingerprint density at radius 1 is 1.14 bits per heavy atom. The van der Waals surface area contributed by atoms with Gasteiger partial charge in [-0.2, -0.15) is 0 Å². The van der Waals surface area contributed by atoms with Gasteiger partial charge in [0, 0.05) is 43.3 Å². The standard InChI is InChI=1S/C22H24N4O3/c23-8-11-29-20-6-3-9-25-21(20)22(28)26-13-16(19(27)14-26)12-15-7-10-24-18-5-2-1-4-17(15)18/h1-7,9-10,16,19,27H,8,11-14,23H2/t16-,19-/m1/s1. The summed E-state index contributed by atoms with van der Waals surface area (Å²) in [6.07, 6.45) is 3.43. The van der Waals surface area contributed by atoms with Crippen molar-refractivity contribution >= 4 is 16.8 Å². The van der Waals surface area contributed by atoms with E-state index in [-0.39, 0.29) is 24.1 Å². The summed E-state index contributed by atoms with van der Waals surface area (Å²) in [6, 6.07) is 13.4. The molecule has 0 spiro atoms. The van der Waals surface area contributed by atoms with E-state index in [1.54, 1.807) is 29.4 Å². The molecule has 1 saturated heterocycles. The summed E-state index contributed by atoms with van der Waals surface area (Å²) in [5.41, 5.74) is 7.80. The number of carbonyl (C=O) groups excluding carboxylic acids is 1. The van der Waals surface area contributed by atoms with Gasteiger partial charge in [0.25, 0.3) is 5.91 Å². The van der Waals surface area contributed by atoms with E-state index in [4.69, 9.17) is 10.5 Å². The Morgan fingerprint density at radius 2 is 2.00 bits per heavy atom. The number of pyridine rings is 2. The smallest absolute Gasteiger partial charge is 0.276 e. The molecule has 1 aliphatic rings. The zero-order valence-corrected chi connectivity index (χ0v) is 16.1. The van der Waals surface area contributed by atoms with E-state index >= 15 is 0 Å². The van der Waals surface area contributed by atoms with E-state index in [0.717, 1.165) is 16.5 Å². The predicted octanol–water partition coefficient (Wildman–Crippen LogP) is 1.64. The Hall–Kier alpha value is -3.03. The first-order chi connectivity index (χ1) is 14.2. The second kappa shape index (κ2) is 8.55. The number of β-amino-alcohol motifs (C(OH)–C–C–N with tert-alkyl or cyclic N) is 1. The molecule has 0 radical (unpaired) electrons. The Balaban J connectivity index is 1.51. The number of fused-ring (bicyclic) bond motifs is 1. The van der Waals surface area contributed by atoms with Crippen molar-refractivity contribution in [2.24, 2.45) is 11.7 Å². The monoisotopic (exact) mass is 392 g/mol. The zero-order chi connectivity index (χ0) is 20.2. The van der Waals surface area contributed by atoms with Gasteiger partial charge in [-0.1, -0.05) is 18.2 Å². The number of nitrogens with two attached hydrogens (primary N) is 1. The molecule has 3 N–H and O–H groups in total. The topological polar surface area (TPSA) is 102 Å². The van der Waals surface area contributed by atoms with Crippen LogP contribution in [0, 0.1) is 5.92 Å². The van der Waals surface area contributed by atoms with Crippen molar-refractivity contribution < 1.29 is 14.6 Å².